The van der Waals surface area contributed by atoms with E-state index < -0.39 is 0 Å². The lowest BCUT2D eigenvalue weighted by atomic mass is 9.95. The first-order chi connectivity index (χ1) is 15.8. The molecule has 0 amide bonds. The lowest BCUT2D eigenvalue weighted by Crippen LogP contribution is -2.31. The zero-order valence-corrected chi connectivity index (χ0v) is 18.4. The fourth-order valence-corrected chi connectivity index (χ4v) is 4.81. The van der Waals surface area contributed by atoms with Gasteiger partial charge in [0, 0.05) is 48.0 Å². The lowest BCUT2D eigenvalue weighted by molar-refractivity contribution is 0.372. The second-order valence-electron chi connectivity index (χ2n) is 8.74. The number of benzene rings is 1. The molecule has 2 heterocycles. The van der Waals surface area contributed by atoms with Crippen LogP contribution in [0.5, 0.6) is 0 Å². The summed E-state index contributed by atoms with van der Waals surface area (Å²) >= 11 is 0. The third-order valence-corrected chi connectivity index (χ3v) is 6.46. The van der Waals surface area contributed by atoms with Gasteiger partial charge in [0.05, 0.1) is 10.9 Å². The predicted molar refractivity (Wildman–Crippen MR) is 131 cm³/mol. The Hall–Kier alpha value is -3.18. The summed E-state index contributed by atoms with van der Waals surface area (Å²) in [6.07, 6.45) is 18.4. The Bertz CT molecular complexity index is 1200. The van der Waals surface area contributed by atoms with Gasteiger partial charge in [0.25, 0.3) is 0 Å². The number of rotatable bonds is 6. The molecular formula is C27H30N4O. The Labute approximate surface area is 188 Å². The largest absolute Gasteiger partial charge is 0.342 e. The third-order valence-electron chi connectivity index (χ3n) is 6.46. The second kappa shape index (κ2) is 9.53. The number of hydrogen-bond donors (Lipinski definition) is 2. The monoisotopic (exact) mass is 426 g/mol. The number of fused-ring (bicyclic) bond motifs is 1. The molecule has 0 atom stereocenters. The predicted octanol–water partition coefficient (Wildman–Crippen LogP) is 5.45. The summed E-state index contributed by atoms with van der Waals surface area (Å²) in [7, 11) is 0. The van der Waals surface area contributed by atoms with Crippen LogP contribution in [0.25, 0.3) is 16.6 Å². The van der Waals surface area contributed by atoms with Crippen LogP contribution in [0.2, 0.25) is 0 Å². The first kappa shape index (κ1) is 20.7. The van der Waals surface area contributed by atoms with E-state index in [2.05, 4.69) is 50.5 Å². The van der Waals surface area contributed by atoms with Crippen molar-refractivity contribution in [1.29, 1.82) is 0 Å². The molecule has 1 aromatic carbocycles. The van der Waals surface area contributed by atoms with Crippen molar-refractivity contribution in [1.82, 2.24) is 14.9 Å². The Balaban J connectivity index is 1.63. The van der Waals surface area contributed by atoms with Gasteiger partial charge in [-0.05, 0) is 43.9 Å². The molecule has 3 aromatic rings. The van der Waals surface area contributed by atoms with Gasteiger partial charge < -0.3 is 10.6 Å². The Kier molecular flexibility index (Phi) is 6.17. The number of pyridine rings is 2. The van der Waals surface area contributed by atoms with Gasteiger partial charge in [-0.15, -0.1) is 0 Å². The molecule has 1 fully saturated rings. The molecule has 0 unspecified atom stereocenters. The highest BCUT2D eigenvalue weighted by Gasteiger charge is 2.17. The zero-order valence-electron chi connectivity index (χ0n) is 18.4. The fourth-order valence-electron chi connectivity index (χ4n) is 4.81. The van der Waals surface area contributed by atoms with Crippen LogP contribution in [0.3, 0.4) is 0 Å². The second-order valence-corrected chi connectivity index (χ2v) is 8.74. The molecule has 0 saturated heterocycles. The molecule has 32 heavy (non-hydrogen) atoms. The summed E-state index contributed by atoms with van der Waals surface area (Å²) in [5.41, 5.74) is 4.00. The summed E-state index contributed by atoms with van der Waals surface area (Å²) < 4.78 is 2.17. The molecule has 0 radical (unpaired) electrons. The smallest absolute Gasteiger partial charge is 0.193 e. The highest BCUT2D eigenvalue weighted by Crippen LogP contribution is 2.27. The van der Waals surface area contributed by atoms with Gasteiger partial charge in [0.1, 0.15) is 5.82 Å². The van der Waals surface area contributed by atoms with Crippen molar-refractivity contribution in [3.8, 4) is 5.69 Å². The first-order valence-corrected chi connectivity index (χ1v) is 11.7. The van der Waals surface area contributed by atoms with Crippen LogP contribution in [0.4, 0.5) is 5.82 Å². The topological polar surface area (TPSA) is 59.0 Å². The molecular weight excluding hydrogens is 396 g/mol. The minimum Gasteiger partial charge on any atom is -0.342 e. The van der Waals surface area contributed by atoms with E-state index >= 15 is 0 Å². The van der Waals surface area contributed by atoms with Gasteiger partial charge >= 0.3 is 0 Å². The van der Waals surface area contributed by atoms with E-state index in [-0.39, 0.29) is 5.43 Å². The van der Waals surface area contributed by atoms with E-state index in [1.165, 1.54) is 32.1 Å². The maximum Gasteiger partial charge on any atom is 0.193 e. The average molecular weight is 427 g/mol. The molecule has 5 nitrogen and oxygen atoms in total. The SMILES string of the molecule is O=c1cc(NC2=CCCC=C2)n(-c2ccccc2)c2c(CNC3CCCCC3)cncc12. The molecule has 0 aliphatic heterocycles. The number of allylic oxidation sites excluding steroid dienone is 3. The molecule has 0 spiro atoms. The first-order valence-electron chi connectivity index (χ1n) is 11.7. The summed E-state index contributed by atoms with van der Waals surface area (Å²) in [6.45, 7) is 0.702. The number of hydrogen-bond acceptors (Lipinski definition) is 4. The standard InChI is InChI=1S/C27H30N4O/c32-25-16-26(30-22-12-6-2-7-13-22)31(23-14-8-3-9-15-23)27-20(17-28-19-24(25)27)18-29-21-10-4-1-5-11-21/h3,6,8-9,12-17,19,21,29-30H,1-2,4-5,7,10-11,18H2. The van der Waals surface area contributed by atoms with Crippen molar-refractivity contribution < 1.29 is 0 Å². The van der Waals surface area contributed by atoms with E-state index in [0.29, 0.717) is 18.0 Å². The minimum absolute atomic E-state index is 0.0120. The molecule has 2 aliphatic rings. The van der Waals surface area contributed by atoms with Crippen LogP contribution >= 0.6 is 0 Å². The quantitative estimate of drug-likeness (QED) is 0.550. The number of nitrogens with one attached hydrogen (secondary N) is 2. The van der Waals surface area contributed by atoms with Gasteiger partial charge in [-0.2, -0.15) is 0 Å². The summed E-state index contributed by atoms with van der Waals surface area (Å²) in [4.78, 5) is 17.6. The van der Waals surface area contributed by atoms with E-state index in [4.69, 9.17) is 0 Å². The normalized spacial score (nSPS) is 16.8. The average Bonchev–Trinajstić information content (AvgIpc) is 2.85. The Morgan fingerprint density at radius 2 is 1.88 bits per heavy atom. The van der Waals surface area contributed by atoms with Gasteiger partial charge in [0.2, 0.25) is 0 Å². The molecule has 5 rings (SSSR count). The van der Waals surface area contributed by atoms with Gasteiger partial charge in [-0.3, -0.25) is 14.3 Å². The summed E-state index contributed by atoms with van der Waals surface area (Å²) in [5.74, 6) is 0.775. The molecule has 2 N–H and O–H groups in total. The van der Waals surface area contributed by atoms with Crippen molar-refractivity contribution in [2.24, 2.45) is 0 Å². The number of para-hydroxylation sites is 1. The third kappa shape index (κ3) is 4.39. The van der Waals surface area contributed by atoms with Crippen LogP contribution < -0.4 is 16.1 Å². The Morgan fingerprint density at radius 1 is 1.03 bits per heavy atom. The Morgan fingerprint density at radius 3 is 2.66 bits per heavy atom. The zero-order chi connectivity index (χ0) is 21.8. The summed E-state index contributed by atoms with van der Waals surface area (Å²) in [6, 6.07) is 12.5. The number of nitrogens with zero attached hydrogens (tertiary/aromatic N) is 2. The number of anilines is 1. The van der Waals surface area contributed by atoms with Crippen molar-refractivity contribution in [3.63, 3.8) is 0 Å². The van der Waals surface area contributed by atoms with Crippen LogP contribution in [-0.2, 0) is 6.54 Å². The molecule has 2 aliphatic carbocycles. The van der Waals surface area contributed by atoms with Crippen LogP contribution in [0, 0.1) is 0 Å². The van der Waals surface area contributed by atoms with Crippen molar-refractivity contribution in [3.05, 3.63) is 88.5 Å². The molecule has 2 aromatic heterocycles. The molecule has 0 bridgehead atoms. The van der Waals surface area contributed by atoms with Crippen LogP contribution in [0.1, 0.15) is 50.5 Å². The van der Waals surface area contributed by atoms with Crippen molar-refractivity contribution in [2.45, 2.75) is 57.5 Å². The molecule has 1 saturated carbocycles. The van der Waals surface area contributed by atoms with Gasteiger partial charge in [-0.25, -0.2) is 0 Å². The summed E-state index contributed by atoms with van der Waals surface area (Å²) in [5, 5.41) is 7.89. The van der Waals surface area contributed by atoms with E-state index in [9.17, 15) is 4.79 Å². The maximum atomic E-state index is 13.1. The molecule has 5 heteroatoms. The van der Waals surface area contributed by atoms with Gasteiger partial charge in [0.15, 0.2) is 5.43 Å². The number of aromatic nitrogens is 2. The van der Waals surface area contributed by atoms with Crippen molar-refractivity contribution >= 4 is 16.7 Å². The maximum absolute atomic E-state index is 13.1. The highest BCUT2D eigenvalue weighted by molar-refractivity contribution is 5.85. The van der Waals surface area contributed by atoms with E-state index in [1.54, 1.807) is 12.3 Å². The lowest BCUT2D eigenvalue weighted by Gasteiger charge is -2.24. The van der Waals surface area contributed by atoms with Gasteiger partial charge in [-0.1, -0.05) is 49.6 Å². The minimum atomic E-state index is -0.0120. The van der Waals surface area contributed by atoms with Crippen molar-refractivity contribution in [2.75, 3.05) is 5.32 Å². The fraction of sp³-hybridized carbons (Fsp3) is 0.333. The molecule has 164 valence electrons. The van der Waals surface area contributed by atoms with E-state index in [0.717, 1.165) is 41.1 Å². The van der Waals surface area contributed by atoms with Crippen LogP contribution in [-0.4, -0.2) is 15.6 Å². The highest BCUT2D eigenvalue weighted by atomic mass is 16.1. The van der Waals surface area contributed by atoms with E-state index in [1.807, 2.05) is 24.4 Å². The van der Waals surface area contributed by atoms with Crippen LogP contribution in [0.15, 0.2) is 77.5 Å².